The Kier molecular flexibility index (Phi) is 5.41. The van der Waals surface area contributed by atoms with Gasteiger partial charge in [-0.2, -0.15) is 13.2 Å². The lowest BCUT2D eigenvalue weighted by Gasteiger charge is -2.28. The first-order chi connectivity index (χ1) is 12.3. The molecule has 2 aromatic rings. The summed E-state index contributed by atoms with van der Waals surface area (Å²) >= 11 is 5.92. The molecule has 1 fully saturated rings. The Hall–Kier alpha value is -2.21. The van der Waals surface area contributed by atoms with E-state index in [9.17, 15) is 18.0 Å². The molecule has 1 amide bonds. The van der Waals surface area contributed by atoms with Gasteiger partial charge in [0.25, 0.3) is 5.91 Å². The van der Waals surface area contributed by atoms with E-state index in [2.05, 4.69) is 10.2 Å². The Morgan fingerprint density at radius 1 is 1.00 bits per heavy atom. The van der Waals surface area contributed by atoms with Gasteiger partial charge in [0, 0.05) is 24.3 Å². The summed E-state index contributed by atoms with van der Waals surface area (Å²) in [5.74, 6) is -0.503. The second-order valence-corrected chi connectivity index (χ2v) is 6.65. The minimum absolute atomic E-state index is 0.0521. The minimum atomic E-state index is -4.50. The molecular weight excluding hydrogens is 365 g/mol. The molecule has 0 bridgehead atoms. The van der Waals surface area contributed by atoms with E-state index >= 15 is 0 Å². The highest BCUT2D eigenvalue weighted by Gasteiger charge is 2.31. The maximum atomic E-state index is 12.8. The van der Waals surface area contributed by atoms with Crippen LogP contribution in [0.2, 0.25) is 5.02 Å². The molecule has 1 N–H and O–H groups in total. The normalized spacial score (nSPS) is 15.0. The molecule has 7 heteroatoms. The van der Waals surface area contributed by atoms with E-state index in [1.807, 2.05) is 12.1 Å². The molecular formula is C19H18ClF3N2O. The summed E-state index contributed by atoms with van der Waals surface area (Å²) in [5.41, 5.74) is 0.474. The summed E-state index contributed by atoms with van der Waals surface area (Å²) in [5, 5.41) is 2.51. The van der Waals surface area contributed by atoms with Crippen LogP contribution in [0, 0.1) is 0 Å². The predicted octanol–water partition coefficient (Wildman–Crippen LogP) is 5.60. The number of halogens is 4. The van der Waals surface area contributed by atoms with Gasteiger partial charge < -0.3 is 10.2 Å². The number of nitrogens with zero attached hydrogens (tertiary/aromatic N) is 1. The SMILES string of the molecule is O=C(Nc1cc(C(F)(F)F)ccc1Cl)c1ccc(N2CCCCC2)cc1. The van der Waals surface area contributed by atoms with E-state index in [0.29, 0.717) is 5.56 Å². The van der Waals surface area contributed by atoms with Crippen molar-refractivity contribution in [2.75, 3.05) is 23.3 Å². The molecule has 0 atom stereocenters. The van der Waals surface area contributed by atoms with Crippen LogP contribution in [0.4, 0.5) is 24.5 Å². The third kappa shape index (κ3) is 4.30. The van der Waals surface area contributed by atoms with Gasteiger partial charge in [-0.1, -0.05) is 11.6 Å². The van der Waals surface area contributed by atoms with Crippen LogP contribution in [-0.4, -0.2) is 19.0 Å². The number of alkyl halides is 3. The average molecular weight is 383 g/mol. The quantitative estimate of drug-likeness (QED) is 0.749. The van der Waals surface area contributed by atoms with Crippen molar-refractivity contribution < 1.29 is 18.0 Å². The van der Waals surface area contributed by atoms with E-state index in [-0.39, 0.29) is 10.7 Å². The minimum Gasteiger partial charge on any atom is -0.372 e. The molecule has 138 valence electrons. The van der Waals surface area contributed by atoms with Gasteiger partial charge in [-0.25, -0.2) is 0 Å². The van der Waals surface area contributed by atoms with E-state index in [1.54, 1.807) is 12.1 Å². The van der Waals surface area contributed by atoms with E-state index in [0.717, 1.165) is 49.8 Å². The standard InChI is InChI=1S/C19H18ClF3N2O/c20-16-9-6-14(19(21,22)23)12-17(16)24-18(26)13-4-7-15(8-5-13)25-10-2-1-3-11-25/h4-9,12H,1-3,10-11H2,(H,24,26). The van der Waals surface area contributed by atoms with Crippen molar-refractivity contribution in [1.82, 2.24) is 0 Å². The van der Waals surface area contributed by atoms with Crippen molar-refractivity contribution in [3.63, 3.8) is 0 Å². The van der Waals surface area contributed by atoms with Crippen molar-refractivity contribution in [1.29, 1.82) is 0 Å². The topological polar surface area (TPSA) is 32.3 Å². The summed E-state index contributed by atoms with van der Waals surface area (Å²) in [6, 6.07) is 9.89. The third-order valence-electron chi connectivity index (χ3n) is 4.39. The lowest BCUT2D eigenvalue weighted by Crippen LogP contribution is -2.29. The molecule has 0 aliphatic carbocycles. The smallest absolute Gasteiger partial charge is 0.372 e. The maximum Gasteiger partial charge on any atom is 0.416 e. The van der Waals surface area contributed by atoms with Crippen LogP contribution in [-0.2, 0) is 6.18 Å². The number of nitrogens with one attached hydrogen (secondary N) is 1. The van der Waals surface area contributed by atoms with Gasteiger partial charge in [-0.15, -0.1) is 0 Å². The van der Waals surface area contributed by atoms with Gasteiger partial charge in [0.2, 0.25) is 0 Å². The van der Waals surface area contributed by atoms with Gasteiger partial charge >= 0.3 is 6.18 Å². The summed E-state index contributed by atoms with van der Waals surface area (Å²) in [4.78, 5) is 14.6. The third-order valence-corrected chi connectivity index (χ3v) is 4.72. The monoisotopic (exact) mass is 382 g/mol. The van der Waals surface area contributed by atoms with E-state index in [1.165, 1.54) is 6.42 Å². The molecule has 3 rings (SSSR count). The molecule has 2 aromatic carbocycles. The summed E-state index contributed by atoms with van der Waals surface area (Å²) < 4.78 is 38.5. The zero-order valence-corrected chi connectivity index (χ0v) is 14.7. The van der Waals surface area contributed by atoms with Crippen LogP contribution in [0.25, 0.3) is 0 Å². The molecule has 0 unspecified atom stereocenters. The number of rotatable bonds is 3. The Labute approximate surface area is 154 Å². The van der Waals surface area contributed by atoms with Crippen molar-refractivity contribution in [3.8, 4) is 0 Å². The highest BCUT2D eigenvalue weighted by atomic mass is 35.5. The summed E-state index contributed by atoms with van der Waals surface area (Å²) in [6.45, 7) is 1.98. The zero-order valence-electron chi connectivity index (χ0n) is 13.9. The molecule has 1 saturated heterocycles. The first-order valence-corrected chi connectivity index (χ1v) is 8.75. The molecule has 1 aliphatic heterocycles. The summed E-state index contributed by atoms with van der Waals surface area (Å²) in [6.07, 6.45) is -0.971. The van der Waals surface area contributed by atoms with Crippen LogP contribution in [0.5, 0.6) is 0 Å². The molecule has 0 aromatic heterocycles. The van der Waals surface area contributed by atoms with Gasteiger partial charge in [-0.3, -0.25) is 4.79 Å². The highest BCUT2D eigenvalue weighted by molar-refractivity contribution is 6.34. The highest BCUT2D eigenvalue weighted by Crippen LogP contribution is 2.34. The number of anilines is 2. The van der Waals surface area contributed by atoms with Crippen LogP contribution < -0.4 is 10.2 Å². The molecule has 26 heavy (non-hydrogen) atoms. The number of piperidine rings is 1. The van der Waals surface area contributed by atoms with Crippen LogP contribution in [0.1, 0.15) is 35.2 Å². The summed E-state index contributed by atoms with van der Waals surface area (Å²) in [7, 11) is 0. The van der Waals surface area contributed by atoms with Crippen molar-refractivity contribution in [2.45, 2.75) is 25.4 Å². The first kappa shape index (κ1) is 18.6. The van der Waals surface area contributed by atoms with E-state index < -0.39 is 17.6 Å². The van der Waals surface area contributed by atoms with Crippen LogP contribution >= 0.6 is 11.6 Å². The van der Waals surface area contributed by atoms with Crippen molar-refractivity contribution in [3.05, 3.63) is 58.6 Å². The maximum absolute atomic E-state index is 12.8. The molecule has 1 aliphatic rings. The molecule has 0 radical (unpaired) electrons. The molecule has 3 nitrogen and oxygen atoms in total. The van der Waals surface area contributed by atoms with Crippen molar-refractivity contribution >= 4 is 28.9 Å². The fourth-order valence-electron chi connectivity index (χ4n) is 2.97. The fraction of sp³-hybridized carbons (Fsp3) is 0.316. The van der Waals surface area contributed by atoms with Crippen LogP contribution in [0.3, 0.4) is 0 Å². The van der Waals surface area contributed by atoms with Gasteiger partial charge in [0.15, 0.2) is 0 Å². The number of carbonyl (C=O) groups is 1. The average Bonchev–Trinajstić information content (AvgIpc) is 2.63. The molecule has 0 spiro atoms. The zero-order chi connectivity index (χ0) is 18.7. The Bertz CT molecular complexity index is 784. The number of amides is 1. The van der Waals surface area contributed by atoms with Crippen molar-refractivity contribution in [2.24, 2.45) is 0 Å². The molecule has 1 heterocycles. The van der Waals surface area contributed by atoms with Crippen LogP contribution in [0.15, 0.2) is 42.5 Å². The van der Waals surface area contributed by atoms with Gasteiger partial charge in [-0.05, 0) is 61.7 Å². The number of hydrogen-bond donors (Lipinski definition) is 1. The Morgan fingerprint density at radius 3 is 2.27 bits per heavy atom. The first-order valence-electron chi connectivity index (χ1n) is 8.38. The lowest BCUT2D eigenvalue weighted by molar-refractivity contribution is -0.137. The van der Waals surface area contributed by atoms with Gasteiger partial charge in [0.05, 0.1) is 16.3 Å². The number of carbonyl (C=O) groups excluding carboxylic acids is 1. The predicted molar refractivity (Wildman–Crippen MR) is 96.9 cm³/mol. The second kappa shape index (κ2) is 7.58. The Balaban J connectivity index is 1.74. The van der Waals surface area contributed by atoms with Gasteiger partial charge in [0.1, 0.15) is 0 Å². The van der Waals surface area contributed by atoms with E-state index in [4.69, 9.17) is 11.6 Å². The fourth-order valence-corrected chi connectivity index (χ4v) is 3.13. The second-order valence-electron chi connectivity index (χ2n) is 6.24. The Morgan fingerprint density at radius 2 is 1.65 bits per heavy atom. The largest absolute Gasteiger partial charge is 0.416 e. The lowest BCUT2D eigenvalue weighted by atomic mass is 10.1. The molecule has 0 saturated carbocycles. The number of benzene rings is 2. The number of hydrogen-bond acceptors (Lipinski definition) is 2.